The summed E-state index contributed by atoms with van der Waals surface area (Å²) in [4.78, 5) is 28.9. The molecule has 5 nitrogen and oxygen atoms in total. The van der Waals surface area contributed by atoms with Crippen molar-refractivity contribution in [1.82, 2.24) is 9.80 Å². The van der Waals surface area contributed by atoms with Crippen LogP contribution in [0.2, 0.25) is 0 Å². The van der Waals surface area contributed by atoms with Crippen molar-refractivity contribution in [3.05, 3.63) is 64.7 Å². The lowest BCUT2D eigenvalue weighted by Gasteiger charge is -2.35. The maximum absolute atomic E-state index is 12.7. The Morgan fingerprint density at radius 3 is 2.19 bits per heavy atom. The van der Waals surface area contributed by atoms with Gasteiger partial charge in [-0.1, -0.05) is 35.9 Å². The van der Waals surface area contributed by atoms with E-state index in [1.54, 1.807) is 17.0 Å². The topological polar surface area (TPSA) is 66.6 Å². The second-order valence-corrected chi connectivity index (χ2v) is 6.91. The Labute approximate surface area is 154 Å². The molecule has 3 rings (SSSR count). The molecule has 2 N–H and O–H groups in total. The van der Waals surface area contributed by atoms with Crippen LogP contribution in [0.15, 0.2) is 42.5 Å². The fraction of sp³-hybridized carbons (Fsp3) is 0.333. The number of nitrogens with two attached hydrogens (primary N) is 1. The first-order valence-corrected chi connectivity index (χ1v) is 8.93. The minimum absolute atomic E-state index is 0.0135. The van der Waals surface area contributed by atoms with Gasteiger partial charge in [-0.05, 0) is 37.1 Å². The molecule has 1 aliphatic rings. The lowest BCUT2D eigenvalue weighted by Crippen LogP contribution is -2.51. The fourth-order valence-corrected chi connectivity index (χ4v) is 3.19. The van der Waals surface area contributed by atoms with Gasteiger partial charge in [0.2, 0.25) is 5.91 Å². The van der Waals surface area contributed by atoms with Crippen LogP contribution in [0.25, 0.3) is 0 Å². The minimum Gasteiger partial charge on any atom is -0.399 e. The molecular formula is C21H25N3O2. The molecule has 2 aromatic rings. The number of anilines is 1. The summed E-state index contributed by atoms with van der Waals surface area (Å²) in [5.41, 5.74) is 10.2. The average molecular weight is 351 g/mol. The second-order valence-electron chi connectivity index (χ2n) is 6.91. The van der Waals surface area contributed by atoms with Crippen LogP contribution >= 0.6 is 0 Å². The standard InChI is InChI=1S/C21H25N3O2/c1-15-3-6-17(7-4-15)13-20(25)23-9-11-24(12-10-23)21(26)19-14-18(22)8-5-16(19)2/h3-8,14H,9-13,22H2,1-2H3. The first-order valence-electron chi connectivity index (χ1n) is 8.93. The second kappa shape index (κ2) is 7.60. The van der Waals surface area contributed by atoms with E-state index in [1.165, 1.54) is 5.56 Å². The average Bonchev–Trinajstić information content (AvgIpc) is 2.65. The Morgan fingerprint density at radius 2 is 1.54 bits per heavy atom. The zero-order valence-corrected chi connectivity index (χ0v) is 15.4. The van der Waals surface area contributed by atoms with Crippen molar-refractivity contribution in [2.75, 3.05) is 31.9 Å². The largest absolute Gasteiger partial charge is 0.399 e. The summed E-state index contributed by atoms with van der Waals surface area (Å²) in [5.74, 6) is 0.0986. The maximum Gasteiger partial charge on any atom is 0.254 e. The normalized spacial score (nSPS) is 14.4. The zero-order chi connectivity index (χ0) is 18.7. The van der Waals surface area contributed by atoms with Gasteiger partial charge >= 0.3 is 0 Å². The number of hydrogen-bond acceptors (Lipinski definition) is 3. The number of hydrogen-bond donors (Lipinski definition) is 1. The van der Waals surface area contributed by atoms with Gasteiger partial charge in [-0.25, -0.2) is 0 Å². The molecule has 5 heteroatoms. The fourth-order valence-electron chi connectivity index (χ4n) is 3.19. The molecule has 0 spiro atoms. The van der Waals surface area contributed by atoms with Crippen LogP contribution in [0.4, 0.5) is 5.69 Å². The number of carbonyl (C=O) groups excluding carboxylic acids is 2. The minimum atomic E-state index is -0.0135. The Morgan fingerprint density at radius 1 is 0.923 bits per heavy atom. The number of carbonyl (C=O) groups is 2. The summed E-state index contributed by atoms with van der Waals surface area (Å²) >= 11 is 0. The smallest absolute Gasteiger partial charge is 0.254 e. The number of aryl methyl sites for hydroxylation is 2. The van der Waals surface area contributed by atoms with Crippen molar-refractivity contribution in [1.29, 1.82) is 0 Å². The summed E-state index contributed by atoms with van der Waals surface area (Å²) in [5, 5.41) is 0. The number of rotatable bonds is 3. The third kappa shape index (κ3) is 4.04. The number of piperazine rings is 1. The van der Waals surface area contributed by atoms with Gasteiger partial charge in [0.25, 0.3) is 5.91 Å². The van der Waals surface area contributed by atoms with Gasteiger partial charge in [-0.3, -0.25) is 9.59 Å². The van der Waals surface area contributed by atoms with Gasteiger partial charge in [0.05, 0.1) is 6.42 Å². The van der Waals surface area contributed by atoms with Crippen molar-refractivity contribution in [2.24, 2.45) is 0 Å². The monoisotopic (exact) mass is 351 g/mol. The lowest BCUT2D eigenvalue weighted by atomic mass is 10.1. The molecule has 0 unspecified atom stereocenters. The molecular weight excluding hydrogens is 326 g/mol. The SMILES string of the molecule is Cc1ccc(CC(=O)N2CCN(C(=O)c3cc(N)ccc3C)CC2)cc1. The third-order valence-corrected chi connectivity index (χ3v) is 4.89. The molecule has 2 aromatic carbocycles. The molecule has 0 bridgehead atoms. The van der Waals surface area contributed by atoms with E-state index in [2.05, 4.69) is 0 Å². The molecule has 0 aromatic heterocycles. The van der Waals surface area contributed by atoms with Crippen LogP contribution in [0, 0.1) is 13.8 Å². The Hall–Kier alpha value is -2.82. The summed E-state index contributed by atoms with van der Waals surface area (Å²) in [7, 11) is 0. The van der Waals surface area contributed by atoms with Crippen LogP contribution < -0.4 is 5.73 Å². The van der Waals surface area contributed by atoms with Gasteiger partial charge in [-0.15, -0.1) is 0 Å². The number of nitrogen functional groups attached to an aromatic ring is 1. The Kier molecular flexibility index (Phi) is 5.26. The number of nitrogens with zero attached hydrogens (tertiary/aromatic N) is 2. The third-order valence-electron chi connectivity index (χ3n) is 4.89. The quantitative estimate of drug-likeness (QED) is 0.864. The molecule has 136 valence electrons. The summed E-state index contributed by atoms with van der Waals surface area (Å²) < 4.78 is 0. The van der Waals surface area contributed by atoms with Gasteiger partial charge in [0.15, 0.2) is 0 Å². The van der Waals surface area contributed by atoms with Crippen LogP contribution in [0.3, 0.4) is 0 Å². The zero-order valence-electron chi connectivity index (χ0n) is 15.4. The molecule has 2 amide bonds. The predicted molar refractivity (Wildman–Crippen MR) is 103 cm³/mol. The van der Waals surface area contributed by atoms with Gasteiger partial charge in [-0.2, -0.15) is 0 Å². The maximum atomic E-state index is 12.7. The lowest BCUT2D eigenvalue weighted by molar-refractivity contribution is -0.131. The molecule has 0 radical (unpaired) electrons. The Bertz CT molecular complexity index is 807. The van der Waals surface area contributed by atoms with E-state index in [-0.39, 0.29) is 11.8 Å². The predicted octanol–water partition coefficient (Wildman–Crippen LogP) is 2.41. The molecule has 0 aliphatic carbocycles. The highest BCUT2D eigenvalue weighted by atomic mass is 16.2. The molecule has 0 saturated carbocycles. The van der Waals surface area contributed by atoms with E-state index in [0.29, 0.717) is 43.9 Å². The van der Waals surface area contributed by atoms with Crippen molar-refractivity contribution in [3.63, 3.8) is 0 Å². The van der Waals surface area contributed by atoms with E-state index in [0.717, 1.165) is 11.1 Å². The van der Waals surface area contributed by atoms with E-state index < -0.39 is 0 Å². The molecule has 1 heterocycles. The highest BCUT2D eigenvalue weighted by molar-refractivity contribution is 5.96. The summed E-state index contributed by atoms with van der Waals surface area (Å²) in [6, 6.07) is 13.4. The Balaban J connectivity index is 1.58. The van der Waals surface area contributed by atoms with Crippen LogP contribution in [-0.2, 0) is 11.2 Å². The van der Waals surface area contributed by atoms with Crippen molar-refractivity contribution < 1.29 is 9.59 Å². The van der Waals surface area contributed by atoms with E-state index in [4.69, 9.17) is 5.73 Å². The van der Waals surface area contributed by atoms with E-state index in [9.17, 15) is 9.59 Å². The van der Waals surface area contributed by atoms with Crippen LogP contribution in [0.5, 0.6) is 0 Å². The molecule has 1 aliphatic heterocycles. The highest BCUT2D eigenvalue weighted by Crippen LogP contribution is 2.17. The summed E-state index contributed by atoms with van der Waals surface area (Å²) in [6.45, 7) is 6.17. The number of amides is 2. The summed E-state index contributed by atoms with van der Waals surface area (Å²) in [6.07, 6.45) is 0.405. The number of benzene rings is 2. The van der Waals surface area contributed by atoms with Crippen molar-refractivity contribution in [3.8, 4) is 0 Å². The van der Waals surface area contributed by atoms with Crippen molar-refractivity contribution >= 4 is 17.5 Å². The highest BCUT2D eigenvalue weighted by Gasteiger charge is 2.25. The molecule has 0 atom stereocenters. The first kappa shape index (κ1) is 18.0. The first-order chi connectivity index (χ1) is 12.4. The van der Waals surface area contributed by atoms with Crippen molar-refractivity contribution in [2.45, 2.75) is 20.3 Å². The van der Waals surface area contributed by atoms with Gasteiger partial charge in [0, 0.05) is 37.4 Å². The van der Waals surface area contributed by atoms with Gasteiger partial charge in [0.1, 0.15) is 0 Å². The van der Waals surface area contributed by atoms with Crippen LogP contribution in [-0.4, -0.2) is 47.8 Å². The van der Waals surface area contributed by atoms with E-state index in [1.807, 2.05) is 49.1 Å². The van der Waals surface area contributed by atoms with Gasteiger partial charge < -0.3 is 15.5 Å². The molecule has 26 heavy (non-hydrogen) atoms. The van der Waals surface area contributed by atoms with E-state index >= 15 is 0 Å². The molecule has 1 saturated heterocycles. The van der Waals surface area contributed by atoms with Crippen LogP contribution in [0.1, 0.15) is 27.0 Å². The molecule has 1 fully saturated rings.